The van der Waals surface area contributed by atoms with Crippen molar-refractivity contribution in [3.05, 3.63) is 12.7 Å². The molecule has 1 rings (SSSR count). The number of amides is 1. The summed E-state index contributed by atoms with van der Waals surface area (Å²) < 4.78 is 5.17. The quantitative estimate of drug-likeness (QED) is 0.590. The molecule has 2 atom stereocenters. The van der Waals surface area contributed by atoms with E-state index in [2.05, 4.69) is 17.2 Å². The lowest BCUT2D eigenvalue weighted by Crippen LogP contribution is -2.52. The Labute approximate surface area is 78.3 Å². The van der Waals surface area contributed by atoms with Gasteiger partial charge in [-0.1, -0.05) is 6.08 Å². The van der Waals surface area contributed by atoms with Crippen LogP contribution in [0.5, 0.6) is 0 Å². The molecular formula is C9H16N2O2. The van der Waals surface area contributed by atoms with Gasteiger partial charge in [0.2, 0.25) is 5.91 Å². The van der Waals surface area contributed by atoms with Gasteiger partial charge in [0.25, 0.3) is 0 Å². The topological polar surface area (TPSA) is 50.4 Å². The predicted octanol–water partition coefficient (Wildman–Crippen LogP) is -0.334. The minimum absolute atomic E-state index is 0.0104. The third-order valence-electron chi connectivity index (χ3n) is 1.96. The molecule has 1 heterocycles. The van der Waals surface area contributed by atoms with Gasteiger partial charge >= 0.3 is 0 Å². The van der Waals surface area contributed by atoms with E-state index >= 15 is 0 Å². The summed E-state index contributed by atoms with van der Waals surface area (Å²) in [4.78, 5) is 11.5. The standard InChI is InChI=1S/C9H16N2O2/c1-3-7(2)11-9(12)8-6-13-5-4-10-8/h3,7-8,10H,1,4-6H2,2H3,(H,11,12). The molecule has 0 saturated carbocycles. The van der Waals surface area contributed by atoms with Gasteiger partial charge in [0.05, 0.1) is 13.2 Å². The first-order chi connectivity index (χ1) is 6.24. The number of nitrogens with one attached hydrogen (secondary N) is 2. The molecule has 0 aromatic rings. The van der Waals surface area contributed by atoms with Crippen LogP contribution in [-0.2, 0) is 9.53 Å². The molecule has 0 spiro atoms. The summed E-state index contributed by atoms with van der Waals surface area (Å²) in [6, 6.07) is -0.202. The fourth-order valence-electron chi connectivity index (χ4n) is 1.12. The first-order valence-corrected chi connectivity index (χ1v) is 4.48. The molecule has 0 bridgehead atoms. The normalized spacial score (nSPS) is 24.8. The van der Waals surface area contributed by atoms with Gasteiger partial charge < -0.3 is 15.4 Å². The zero-order chi connectivity index (χ0) is 9.68. The van der Waals surface area contributed by atoms with Gasteiger partial charge in [-0.2, -0.15) is 0 Å². The first kappa shape index (κ1) is 10.2. The average Bonchev–Trinajstić information content (AvgIpc) is 2.19. The minimum atomic E-state index is -0.212. The summed E-state index contributed by atoms with van der Waals surface area (Å²) in [6.07, 6.45) is 1.70. The van der Waals surface area contributed by atoms with E-state index in [-0.39, 0.29) is 18.0 Å². The molecule has 4 heteroatoms. The van der Waals surface area contributed by atoms with Crippen LogP contribution < -0.4 is 10.6 Å². The lowest BCUT2D eigenvalue weighted by molar-refractivity contribution is -0.126. The van der Waals surface area contributed by atoms with Crippen molar-refractivity contribution in [2.75, 3.05) is 19.8 Å². The molecule has 1 fully saturated rings. The summed E-state index contributed by atoms with van der Waals surface area (Å²) in [5.74, 6) is -0.0212. The van der Waals surface area contributed by atoms with Crippen LogP contribution in [0, 0.1) is 0 Å². The Bertz CT molecular complexity index is 188. The molecule has 1 saturated heterocycles. The fraction of sp³-hybridized carbons (Fsp3) is 0.667. The molecule has 13 heavy (non-hydrogen) atoms. The van der Waals surface area contributed by atoms with E-state index in [4.69, 9.17) is 4.74 Å². The van der Waals surface area contributed by atoms with Crippen LogP contribution in [0.25, 0.3) is 0 Å². The van der Waals surface area contributed by atoms with Crippen LogP contribution in [0.2, 0.25) is 0 Å². The zero-order valence-corrected chi connectivity index (χ0v) is 7.88. The third-order valence-corrected chi connectivity index (χ3v) is 1.96. The molecule has 4 nitrogen and oxygen atoms in total. The third kappa shape index (κ3) is 3.16. The monoisotopic (exact) mass is 184 g/mol. The van der Waals surface area contributed by atoms with Crippen molar-refractivity contribution in [3.63, 3.8) is 0 Å². The predicted molar refractivity (Wildman–Crippen MR) is 50.4 cm³/mol. The Morgan fingerprint density at radius 2 is 2.62 bits per heavy atom. The van der Waals surface area contributed by atoms with E-state index < -0.39 is 0 Å². The van der Waals surface area contributed by atoms with Gasteiger partial charge in [-0.05, 0) is 6.92 Å². The molecule has 2 unspecified atom stereocenters. The number of hydrogen-bond donors (Lipinski definition) is 2. The number of ether oxygens (including phenoxy) is 1. The minimum Gasteiger partial charge on any atom is -0.378 e. The van der Waals surface area contributed by atoms with E-state index in [0.29, 0.717) is 13.2 Å². The number of hydrogen-bond acceptors (Lipinski definition) is 3. The number of morpholine rings is 1. The largest absolute Gasteiger partial charge is 0.378 e. The molecule has 74 valence electrons. The Balaban J connectivity index is 2.32. The second kappa shape index (κ2) is 4.99. The van der Waals surface area contributed by atoms with Crippen molar-refractivity contribution >= 4 is 5.91 Å². The highest BCUT2D eigenvalue weighted by atomic mass is 16.5. The van der Waals surface area contributed by atoms with Gasteiger partial charge in [-0.3, -0.25) is 4.79 Å². The summed E-state index contributed by atoms with van der Waals surface area (Å²) in [7, 11) is 0. The van der Waals surface area contributed by atoms with Crippen molar-refractivity contribution in [1.29, 1.82) is 0 Å². The van der Waals surface area contributed by atoms with Gasteiger partial charge in [0.1, 0.15) is 6.04 Å². The van der Waals surface area contributed by atoms with Crippen LogP contribution in [0.15, 0.2) is 12.7 Å². The van der Waals surface area contributed by atoms with Crippen LogP contribution in [0.3, 0.4) is 0 Å². The molecule has 0 aromatic carbocycles. The van der Waals surface area contributed by atoms with E-state index in [1.165, 1.54) is 0 Å². The first-order valence-electron chi connectivity index (χ1n) is 4.48. The molecular weight excluding hydrogens is 168 g/mol. The SMILES string of the molecule is C=CC(C)NC(=O)C1COCCN1. The Morgan fingerprint density at radius 3 is 3.15 bits per heavy atom. The highest BCUT2D eigenvalue weighted by Gasteiger charge is 2.21. The Morgan fingerprint density at radius 1 is 1.85 bits per heavy atom. The summed E-state index contributed by atoms with van der Waals surface area (Å²) in [6.45, 7) is 7.35. The number of carbonyl (C=O) groups excluding carboxylic acids is 1. The molecule has 0 aromatic heterocycles. The summed E-state index contributed by atoms with van der Waals surface area (Å²) in [5.41, 5.74) is 0. The molecule has 1 aliphatic heterocycles. The Hall–Kier alpha value is -0.870. The highest BCUT2D eigenvalue weighted by molar-refractivity contribution is 5.82. The lowest BCUT2D eigenvalue weighted by Gasteiger charge is -2.23. The van der Waals surface area contributed by atoms with E-state index in [0.717, 1.165) is 6.54 Å². The smallest absolute Gasteiger partial charge is 0.239 e. The van der Waals surface area contributed by atoms with Crippen molar-refractivity contribution in [1.82, 2.24) is 10.6 Å². The van der Waals surface area contributed by atoms with Crippen molar-refractivity contribution < 1.29 is 9.53 Å². The van der Waals surface area contributed by atoms with Crippen LogP contribution in [0.4, 0.5) is 0 Å². The number of carbonyl (C=O) groups is 1. The second-order valence-electron chi connectivity index (χ2n) is 3.11. The molecule has 0 radical (unpaired) electrons. The highest BCUT2D eigenvalue weighted by Crippen LogP contribution is 1.94. The lowest BCUT2D eigenvalue weighted by atomic mass is 10.2. The second-order valence-corrected chi connectivity index (χ2v) is 3.11. The van der Waals surface area contributed by atoms with Crippen molar-refractivity contribution in [3.8, 4) is 0 Å². The van der Waals surface area contributed by atoms with E-state index in [9.17, 15) is 4.79 Å². The van der Waals surface area contributed by atoms with Crippen LogP contribution >= 0.6 is 0 Å². The van der Waals surface area contributed by atoms with E-state index in [1.807, 2.05) is 6.92 Å². The fourth-order valence-corrected chi connectivity index (χ4v) is 1.12. The summed E-state index contributed by atoms with van der Waals surface area (Å²) in [5, 5.41) is 5.88. The Kier molecular flexibility index (Phi) is 3.92. The maximum Gasteiger partial charge on any atom is 0.239 e. The molecule has 2 N–H and O–H groups in total. The molecule has 1 amide bonds. The number of rotatable bonds is 3. The maximum atomic E-state index is 11.5. The van der Waals surface area contributed by atoms with Crippen LogP contribution in [0.1, 0.15) is 6.92 Å². The van der Waals surface area contributed by atoms with Gasteiger partial charge in [0, 0.05) is 12.6 Å². The average molecular weight is 184 g/mol. The van der Waals surface area contributed by atoms with Gasteiger partial charge in [-0.15, -0.1) is 6.58 Å². The molecule has 0 aliphatic carbocycles. The van der Waals surface area contributed by atoms with Crippen LogP contribution in [-0.4, -0.2) is 37.7 Å². The van der Waals surface area contributed by atoms with Gasteiger partial charge in [-0.25, -0.2) is 0 Å². The van der Waals surface area contributed by atoms with E-state index in [1.54, 1.807) is 6.08 Å². The maximum absolute atomic E-state index is 11.5. The van der Waals surface area contributed by atoms with Crippen molar-refractivity contribution in [2.45, 2.75) is 19.0 Å². The summed E-state index contributed by atoms with van der Waals surface area (Å²) >= 11 is 0. The molecule has 1 aliphatic rings. The van der Waals surface area contributed by atoms with Crippen molar-refractivity contribution in [2.24, 2.45) is 0 Å². The van der Waals surface area contributed by atoms with Gasteiger partial charge in [0.15, 0.2) is 0 Å². The zero-order valence-electron chi connectivity index (χ0n) is 7.88.